The molecule has 0 unspecified atom stereocenters. The molecular formula is C26H22N6O3S. The van der Waals surface area contributed by atoms with Gasteiger partial charge < -0.3 is 10.1 Å². The van der Waals surface area contributed by atoms with E-state index in [0.717, 1.165) is 22.2 Å². The summed E-state index contributed by atoms with van der Waals surface area (Å²) in [6.45, 7) is 0.429. The molecule has 0 spiro atoms. The first kappa shape index (κ1) is 23.3. The Kier molecular flexibility index (Phi) is 6.28. The molecule has 0 aliphatic carbocycles. The molecule has 10 heteroatoms. The molecule has 0 aliphatic heterocycles. The van der Waals surface area contributed by atoms with E-state index in [-0.39, 0.29) is 16.6 Å². The zero-order chi connectivity index (χ0) is 25.1. The third kappa shape index (κ3) is 4.72. The summed E-state index contributed by atoms with van der Waals surface area (Å²) >= 11 is 0. The van der Waals surface area contributed by atoms with Gasteiger partial charge in [-0.2, -0.15) is 0 Å². The molecule has 9 nitrogen and oxygen atoms in total. The third-order valence-electron chi connectivity index (χ3n) is 5.55. The van der Waals surface area contributed by atoms with Crippen LogP contribution < -0.4 is 15.2 Å². The summed E-state index contributed by atoms with van der Waals surface area (Å²) < 4.78 is 29.3. The zero-order valence-corrected chi connectivity index (χ0v) is 20.1. The van der Waals surface area contributed by atoms with Gasteiger partial charge in [0.15, 0.2) is 5.82 Å². The molecule has 3 N–H and O–H groups in total. The number of sulfonamides is 1. The van der Waals surface area contributed by atoms with Crippen molar-refractivity contribution in [3.05, 3.63) is 90.9 Å². The molecule has 180 valence electrons. The number of hydrogen-bond donors (Lipinski definition) is 2. The fourth-order valence-corrected chi connectivity index (χ4v) is 4.56. The van der Waals surface area contributed by atoms with Crippen LogP contribution in [0.2, 0.25) is 0 Å². The van der Waals surface area contributed by atoms with E-state index in [9.17, 15) is 8.42 Å². The second-order valence-corrected chi connectivity index (χ2v) is 9.44. The second kappa shape index (κ2) is 9.68. The topological polar surface area (TPSA) is 133 Å². The van der Waals surface area contributed by atoms with Gasteiger partial charge in [0.25, 0.3) is 0 Å². The molecule has 0 amide bonds. The van der Waals surface area contributed by atoms with E-state index in [4.69, 9.17) is 19.8 Å². The Hall–Kier alpha value is -4.41. The van der Waals surface area contributed by atoms with E-state index >= 15 is 0 Å². The largest absolute Gasteiger partial charge is 0.480 e. The van der Waals surface area contributed by atoms with Crippen molar-refractivity contribution >= 4 is 26.7 Å². The third-order valence-corrected chi connectivity index (χ3v) is 6.45. The molecule has 0 saturated carbocycles. The molecular weight excluding hydrogens is 476 g/mol. The lowest BCUT2D eigenvalue weighted by molar-refractivity contribution is 0.385. The Labute approximate surface area is 208 Å². The maximum Gasteiger partial charge on any atom is 0.243 e. The predicted octanol–water partition coefficient (Wildman–Crippen LogP) is 4.02. The number of primary sulfonamides is 1. The fourth-order valence-electron chi connectivity index (χ4n) is 3.89. The van der Waals surface area contributed by atoms with Crippen LogP contribution in [-0.4, -0.2) is 35.5 Å². The van der Waals surface area contributed by atoms with Crippen molar-refractivity contribution in [1.29, 1.82) is 0 Å². The molecule has 0 saturated heterocycles. The number of nitrogens with zero attached hydrogens (tertiary/aromatic N) is 4. The van der Waals surface area contributed by atoms with E-state index in [1.807, 2.05) is 66.7 Å². The van der Waals surface area contributed by atoms with Crippen LogP contribution in [0.3, 0.4) is 0 Å². The van der Waals surface area contributed by atoms with Crippen molar-refractivity contribution in [3.63, 3.8) is 0 Å². The van der Waals surface area contributed by atoms with Gasteiger partial charge in [0.2, 0.25) is 15.9 Å². The average molecular weight is 499 g/mol. The highest BCUT2D eigenvalue weighted by atomic mass is 32.2. The number of nitrogens with two attached hydrogens (primary N) is 1. The molecule has 5 aromatic rings. The first-order valence-corrected chi connectivity index (χ1v) is 12.6. The van der Waals surface area contributed by atoms with E-state index in [1.165, 1.54) is 19.4 Å². The van der Waals surface area contributed by atoms with Crippen LogP contribution in [0.1, 0.15) is 5.69 Å². The number of aromatic nitrogens is 4. The van der Waals surface area contributed by atoms with Gasteiger partial charge in [0.1, 0.15) is 10.7 Å². The Morgan fingerprint density at radius 3 is 2.44 bits per heavy atom. The molecule has 0 radical (unpaired) electrons. The Bertz CT molecular complexity index is 1650. The van der Waals surface area contributed by atoms with E-state index in [2.05, 4.69) is 15.3 Å². The first-order chi connectivity index (χ1) is 17.4. The van der Waals surface area contributed by atoms with Crippen LogP contribution in [0.5, 0.6) is 5.88 Å². The molecule has 0 atom stereocenters. The van der Waals surface area contributed by atoms with Crippen molar-refractivity contribution in [1.82, 2.24) is 19.9 Å². The number of pyridine rings is 2. The number of rotatable bonds is 7. The Morgan fingerprint density at radius 2 is 1.72 bits per heavy atom. The number of hydrogen-bond acceptors (Lipinski definition) is 8. The summed E-state index contributed by atoms with van der Waals surface area (Å²) in [6, 6.07) is 22.8. The smallest absolute Gasteiger partial charge is 0.243 e. The number of fused-ring (bicyclic) bond motifs is 1. The minimum absolute atomic E-state index is 0.0955. The maximum atomic E-state index is 12.1. The minimum atomic E-state index is -4.08. The molecule has 0 bridgehead atoms. The van der Waals surface area contributed by atoms with Crippen LogP contribution in [0.25, 0.3) is 33.4 Å². The number of nitrogens with one attached hydrogen (secondary N) is 1. The quantitative estimate of drug-likeness (QED) is 0.344. The Morgan fingerprint density at radius 1 is 0.917 bits per heavy atom. The highest BCUT2D eigenvalue weighted by Crippen LogP contribution is 2.35. The van der Waals surface area contributed by atoms with E-state index in [0.29, 0.717) is 23.4 Å². The average Bonchev–Trinajstić information content (AvgIpc) is 2.91. The standard InChI is InChI=1S/C26H22N6O3S/c1-35-26-22(36(27,33)34)14-18(15-30-26)24-31-21-12-7-11-20(17-8-3-2-4-9-17)23(21)25(32-24)29-16-19-10-5-6-13-28-19/h2-15H,16H2,1H3,(H2,27,33,34)(H,29,31,32). The highest BCUT2D eigenvalue weighted by Gasteiger charge is 2.20. The van der Waals surface area contributed by atoms with Crippen LogP contribution in [0, 0.1) is 0 Å². The lowest BCUT2D eigenvalue weighted by atomic mass is 10.0. The molecule has 3 heterocycles. The summed E-state index contributed by atoms with van der Waals surface area (Å²) in [4.78, 5) is 17.8. The van der Waals surface area contributed by atoms with Gasteiger partial charge in [-0.1, -0.05) is 48.5 Å². The van der Waals surface area contributed by atoms with Crippen LogP contribution in [0.4, 0.5) is 5.82 Å². The van der Waals surface area contributed by atoms with Gasteiger partial charge in [0, 0.05) is 18.0 Å². The summed E-state index contributed by atoms with van der Waals surface area (Å²) in [5.41, 5.74) is 3.88. The van der Waals surface area contributed by atoms with Crippen molar-refractivity contribution in [2.75, 3.05) is 12.4 Å². The van der Waals surface area contributed by atoms with E-state index < -0.39 is 10.0 Å². The van der Waals surface area contributed by atoms with Crippen molar-refractivity contribution in [3.8, 4) is 28.4 Å². The second-order valence-electron chi connectivity index (χ2n) is 7.91. The summed E-state index contributed by atoms with van der Waals surface area (Å²) in [5, 5.41) is 9.61. The lowest BCUT2D eigenvalue weighted by Crippen LogP contribution is -2.14. The monoisotopic (exact) mass is 498 g/mol. The molecule has 3 aromatic heterocycles. The van der Waals surface area contributed by atoms with Crippen LogP contribution >= 0.6 is 0 Å². The Balaban J connectivity index is 1.70. The molecule has 5 rings (SSSR count). The number of ether oxygens (including phenoxy) is 1. The summed E-state index contributed by atoms with van der Waals surface area (Å²) in [7, 11) is -2.76. The molecule has 36 heavy (non-hydrogen) atoms. The molecule has 0 aliphatic rings. The summed E-state index contributed by atoms with van der Waals surface area (Å²) in [6.07, 6.45) is 3.19. The number of anilines is 1. The van der Waals surface area contributed by atoms with Gasteiger partial charge in [-0.15, -0.1) is 0 Å². The van der Waals surface area contributed by atoms with Crippen molar-refractivity contribution in [2.24, 2.45) is 5.14 Å². The van der Waals surface area contributed by atoms with Gasteiger partial charge in [-0.25, -0.2) is 28.5 Å². The maximum absolute atomic E-state index is 12.1. The van der Waals surface area contributed by atoms with Gasteiger partial charge in [0.05, 0.1) is 30.3 Å². The fraction of sp³-hybridized carbons (Fsp3) is 0.0769. The number of benzene rings is 2. The van der Waals surface area contributed by atoms with Gasteiger partial charge >= 0.3 is 0 Å². The van der Waals surface area contributed by atoms with Crippen LogP contribution in [0.15, 0.2) is 90.1 Å². The summed E-state index contributed by atoms with van der Waals surface area (Å²) in [5.74, 6) is 0.770. The van der Waals surface area contributed by atoms with Gasteiger partial charge in [-0.05, 0) is 35.4 Å². The van der Waals surface area contributed by atoms with Crippen molar-refractivity contribution < 1.29 is 13.2 Å². The van der Waals surface area contributed by atoms with Gasteiger partial charge in [-0.3, -0.25) is 4.98 Å². The molecule has 0 fully saturated rings. The first-order valence-electron chi connectivity index (χ1n) is 11.0. The minimum Gasteiger partial charge on any atom is -0.480 e. The predicted molar refractivity (Wildman–Crippen MR) is 138 cm³/mol. The van der Waals surface area contributed by atoms with E-state index in [1.54, 1.807) is 6.20 Å². The molecule has 2 aromatic carbocycles. The zero-order valence-electron chi connectivity index (χ0n) is 19.3. The van der Waals surface area contributed by atoms with Crippen LogP contribution in [-0.2, 0) is 16.6 Å². The SMILES string of the molecule is COc1ncc(-c2nc(NCc3ccccn3)c3c(-c4ccccc4)cccc3n2)cc1S(N)(=O)=O. The number of methoxy groups -OCH3 is 1. The lowest BCUT2D eigenvalue weighted by Gasteiger charge is -2.15. The normalized spacial score (nSPS) is 11.4. The highest BCUT2D eigenvalue weighted by molar-refractivity contribution is 7.89. The van der Waals surface area contributed by atoms with Crippen molar-refractivity contribution in [2.45, 2.75) is 11.4 Å².